The molecule has 2 heteroatoms. The smallest absolute Gasteiger partial charge is 0.226 e. The lowest BCUT2D eigenvalue weighted by atomic mass is 9.66. The summed E-state index contributed by atoms with van der Waals surface area (Å²) in [6.07, 6.45) is 5.98. The van der Waals surface area contributed by atoms with Crippen LogP contribution in [0.5, 0.6) is 0 Å². The number of hydrogen-bond acceptors (Lipinski definition) is 1. The fourth-order valence-electron chi connectivity index (χ4n) is 2.93. The number of rotatable bonds is 1. The van der Waals surface area contributed by atoms with E-state index >= 15 is 0 Å². The van der Waals surface area contributed by atoms with Crippen molar-refractivity contribution in [3.63, 3.8) is 0 Å². The molecule has 68 valence electrons. The van der Waals surface area contributed by atoms with Crippen LogP contribution in [-0.2, 0) is 4.79 Å². The average Bonchev–Trinajstić information content (AvgIpc) is 2.45. The Morgan fingerprint density at radius 1 is 1.58 bits per heavy atom. The minimum Gasteiger partial charge on any atom is -0.355 e. The predicted octanol–water partition coefficient (Wildman–Crippen LogP) is 1.70. The van der Waals surface area contributed by atoms with Gasteiger partial charge in [-0.1, -0.05) is 19.8 Å². The fourth-order valence-corrected chi connectivity index (χ4v) is 2.93. The molecule has 1 saturated carbocycles. The first-order chi connectivity index (χ1) is 5.79. The second-order valence-electron chi connectivity index (χ2n) is 4.16. The van der Waals surface area contributed by atoms with Gasteiger partial charge in [-0.2, -0.15) is 0 Å². The molecule has 2 nitrogen and oxygen atoms in total. The maximum atomic E-state index is 11.7. The van der Waals surface area contributed by atoms with E-state index in [1.54, 1.807) is 0 Å². The average molecular weight is 167 g/mol. The lowest BCUT2D eigenvalue weighted by Crippen LogP contribution is -2.36. The van der Waals surface area contributed by atoms with E-state index in [9.17, 15) is 4.79 Å². The van der Waals surface area contributed by atoms with Gasteiger partial charge < -0.3 is 5.32 Å². The van der Waals surface area contributed by atoms with Gasteiger partial charge in [-0.25, -0.2) is 0 Å². The molecule has 0 aromatic carbocycles. The summed E-state index contributed by atoms with van der Waals surface area (Å²) >= 11 is 0. The fraction of sp³-hybridized carbons (Fsp3) is 0.900. The highest BCUT2D eigenvalue weighted by Crippen LogP contribution is 2.46. The Hall–Kier alpha value is -0.530. The SMILES string of the molecule is CCC12CCCCC1CNC2=O. The highest BCUT2D eigenvalue weighted by atomic mass is 16.2. The minimum absolute atomic E-state index is 0.0399. The molecule has 12 heavy (non-hydrogen) atoms. The van der Waals surface area contributed by atoms with E-state index in [4.69, 9.17) is 0 Å². The molecule has 0 radical (unpaired) electrons. The molecular formula is C10H17NO. The van der Waals surface area contributed by atoms with Crippen molar-refractivity contribution in [2.45, 2.75) is 39.0 Å². The second-order valence-corrected chi connectivity index (χ2v) is 4.16. The van der Waals surface area contributed by atoms with Crippen LogP contribution in [0.1, 0.15) is 39.0 Å². The Morgan fingerprint density at radius 2 is 2.42 bits per heavy atom. The van der Waals surface area contributed by atoms with Crippen molar-refractivity contribution >= 4 is 5.91 Å². The van der Waals surface area contributed by atoms with Crippen molar-refractivity contribution in [2.24, 2.45) is 11.3 Å². The van der Waals surface area contributed by atoms with E-state index in [0.717, 1.165) is 19.4 Å². The largest absolute Gasteiger partial charge is 0.355 e. The molecule has 2 fully saturated rings. The summed E-state index contributed by atoms with van der Waals surface area (Å²) in [6.45, 7) is 3.09. The Labute approximate surface area is 73.7 Å². The van der Waals surface area contributed by atoms with E-state index in [2.05, 4.69) is 12.2 Å². The molecule has 1 amide bonds. The van der Waals surface area contributed by atoms with Crippen LogP contribution in [0, 0.1) is 11.3 Å². The molecule has 1 aliphatic carbocycles. The van der Waals surface area contributed by atoms with Gasteiger partial charge in [-0.3, -0.25) is 4.79 Å². The summed E-state index contributed by atoms with van der Waals surface area (Å²) in [7, 11) is 0. The molecule has 1 saturated heterocycles. The molecular weight excluding hydrogens is 150 g/mol. The normalized spacial score (nSPS) is 40.8. The van der Waals surface area contributed by atoms with Crippen LogP contribution in [0.3, 0.4) is 0 Å². The van der Waals surface area contributed by atoms with E-state index in [1.165, 1.54) is 19.3 Å². The van der Waals surface area contributed by atoms with Gasteiger partial charge in [0, 0.05) is 6.54 Å². The van der Waals surface area contributed by atoms with E-state index < -0.39 is 0 Å². The Balaban J connectivity index is 2.25. The quantitative estimate of drug-likeness (QED) is 0.632. The molecule has 0 bridgehead atoms. The highest BCUT2D eigenvalue weighted by molar-refractivity contribution is 5.85. The Morgan fingerprint density at radius 3 is 3.08 bits per heavy atom. The van der Waals surface area contributed by atoms with E-state index in [0.29, 0.717) is 11.8 Å². The van der Waals surface area contributed by atoms with Crippen molar-refractivity contribution in [1.29, 1.82) is 0 Å². The van der Waals surface area contributed by atoms with Crippen molar-refractivity contribution in [2.75, 3.05) is 6.54 Å². The van der Waals surface area contributed by atoms with Crippen LogP contribution in [-0.4, -0.2) is 12.5 Å². The molecule has 2 unspecified atom stereocenters. The minimum atomic E-state index is 0.0399. The number of carbonyl (C=O) groups excluding carboxylic acids is 1. The summed E-state index contributed by atoms with van der Waals surface area (Å²) < 4.78 is 0. The van der Waals surface area contributed by atoms with Gasteiger partial charge in [-0.05, 0) is 25.2 Å². The van der Waals surface area contributed by atoms with Gasteiger partial charge in [0.2, 0.25) is 5.91 Å². The topological polar surface area (TPSA) is 29.1 Å². The summed E-state index contributed by atoms with van der Waals surface area (Å²) in [4.78, 5) is 11.7. The molecule has 1 heterocycles. The van der Waals surface area contributed by atoms with E-state index in [1.807, 2.05) is 0 Å². The standard InChI is InChI=1S/C10H17NO/c1-2-10-6-4-3-5-8(10)7-11-9(10)12/h8H,2-7H2,1H3,(H,11,12). The summed E-state index contributed by atoms with van der Waals surface area (Å²) in [6, 6.07) is 0. The zero-order valence-electron chi connectivity index (χ0n) is 7.73. The molecule has 1 aliphatic heterocycles. The van der Waals surface area contributed by atoms with Crippen molar-refractivity contribution in [3.05, 3.63) is 0 Å². The molecule has 0 aromatic rings. The van der Waals surface area contributed by atoms with Gasteiger partial charge in [-0.15, -0.1) is 0 Å². The molecule has 2 atom stereocenters. The van der Waals surface area contributed by atoms with Gasteiger partial charge in [0.1, 0.15) is 0 Å². The summed E-state index contributed by atoms with van der Waals surface area (Å²) in [5.74, 6) is 0.971. The number of amides is 1. The third-order valence-corrected chi connectivity index (χ3v) is 3.80. The van der Waals surface area contributed by atoms with E-state index in [-0.39, 0.29) is 5.41 Å². The van der Waals surface area contributed by atoms with Crippen LogP contribution in [0.4, 0.5) is 0 Å². The van der Waals surface area contributed by atoms with Gasteiger partial charge in [0.15, 0.2) is 0 Å². The Kier molecular flexibility index (Phi) is 1.85. The maximum Gasteiger partial charge on any atom is 0.226 e. The number of hydrogen-bond donors (Lipinski definition) is 1. The van der Waals surface area contributed by atoms with Gasteiger partial charge in [0.25, 0.3) is 0 Å². The number of nitrogens with one attached hydrogen (secondary N) is 1. The first-order valence-electron chi connectivity index (χ1n) is 5.08. The van der Waals surface area contributed by atoms with Gasteiger partial charge >= 0.3 is 0 Å². The highest BCUT2D eigenvalue weighted by Gasteiger charge is 2.49. The molecule has 2 rings (SSSR count). The summed E-state index contributed by atoms with van der Waals surface area (Å²) in [5.41, 5.74) is 0.0399. The first-order valence-corrected chi connectivity index (χ1v) is 5.08. The molecule has 0 spiro atoms. The number of fused-ring (bicyclic) bond motifs is 1. The Bertz CT molecular complexity index is 202. The van der Waals surface area contributed by atoms with Crippen LogP contribution in [0.2, 0.25) is 0 Å². The van der Waals surface area contributed by atoms with Crippen LogP contribution < -0.4 is 5.32 Å². The van der Waals surface area contributed by atoms with Gasteiger partial charge in [0.05, 0.1) is 5.41 Å². The van der Waals surface area contributed by atoms with Crippen LogP contribution in [0.25, 0.3) is 0 Å². The zero-order valence-corrected chi connectivity index (χ0v) is 7.73. The molecule has 2 aliphatic rings. The molecule has 0 aromatic heterocycles. The first kappa shape index (κ1) is 8.09. The lowest BCUT2D eigenvalue weighted by Gasteiger charge is -2.35. The van der Waals surface area contributed by atoms with Crippen LogP contribution >= 0.6 is 0 Å². The molecule has 1 N–H and O–H groups in total. The number of carbonyl (C=O) groups is 1. The third-order valence-electron chi connectivity index (χ3n) is 3.80. The van der Waals surface area contributed by atoms with Crippen LogP contribution in [0.15, 0.2) is 0 Å². The second kappa shape index (κ2) is 2.75. The van der Waals surface area contributed by atoms with Crippen molar-refractivity contribution in [3.8, 4) is 0 Å². The summed E-state index contributed by atoms with van der Waals surface area (Å²) in [5, 5.41) is 3.01. The monoisotopic (exact) mass is 167 g/mol. The predicted molar refractivity (Wildman–Crippen MR) is 47.7 cm³/mol. The maximum absolute atomic E-state index is 11.7. The lowest BCUT2D eigenvalue weighted by molar-refractivity contribution is -0.130. The zero-order chi connectivity index (χ0) is 8.60. The van der Waals surface area contributed by atoms with Crippen molar-refractivity contribution in [1.82, 2.24) is 5.32 Å². The third kappa shape index (κ3) is 0.900. The van der Waals surface area contributed by atoms with Crippen molar-refractivity contribution < 1.29 is 4.79 Å².